The van der Waals surface area contributed by atoms with Gasteiger partial charge in [-0.05, 0) is 48.1 Å². The molecular formula is C21H18O4. The quantitative estimate of drug-likeness (QED) is 0.717. The first-order valence-electron chi connectivity index (χ1n) is 8.53. The van der Waals surface area contributed by atoms with Crippen molar-refractivity contribution in [2.45, 2.75) is 30.3 Å². The Labute approximate surface area is 145 Å². The van der Waals surface area contributed by atoms with Gasteiger partial charge in [-0.25, -0.2) is 4.79 Å². The molecule has 1 heterocycles. The third-order valence-electron chi connectivity index (χ3n) is 5.92. The topological polar surface area (TPSA) is 59.7 Å². The second-order valence-corrected chi connectivity index (χ2v) is 7.09. The molecule has 0 amide bonds. The number of ether oxygens (including phenoxy) is 1. The number of furan rings is 1. The first-order chi connectivity index (χ1) is 12.1. The third kappa shape index (κ3) is 1.89. The second-order valence-electron chi connectivity index (χ2n) is 7.09. The van der Waals surface area contributed by atoms with E-state index in [2.05, 4.69) is 0 Å². The predicted octanol–water partition coefficient (Wildman–Crippen LogP) is 4.08. The number of para-hydroxylation sites is 1. The van der Waals surface area contributed by atoms with Crippen LogP contribution in [-0.4, -0.2) is 18.2 Å². The van der Waals surface area contributed by atoms with Crippen molar-refractivity contribution < 1.29 is 19.1 Å². The minimum atomic E-state index is -0.959. The van der Waals surface area contributed by atoms with Crippen molar-refractivity contribution in [2.24, 2.45) is 0 Å². The van der Waals surface area contributed by atoms with Crippen LogP contribution in [0.4, 0.5) is 0 Å². The second kappa shape index (κ2) is 4.96. The third-order valence-corrected chi connectivity index (χ3v) is 5.92. The molecule has 1 fully saturated rings. The molecule has 2 aliphatic rings. The van der Waals surface area contributed by atoms with E-state index in [1.807, 2.05) is 42.5 Å². The molecule has 1 saturated carbocycles. The molecule has 0 saturated heterocycles. The molecule has 3 atom stereocenters. The molecule has 2 aliphatic carbocycles. The zero-order valence-corrected chi connectivity index (χ0v) is 13.9. The number of esters is 1. The summed E-state index contributed by atoms with van der Waals surface area (Å²) in [5, 5.41) is 12.6. The van der Waals surface area contributed by atoms with Crippen LogP contribution in [0, 0.1) is 0 Å². The van der Waals surface area contributed by atoms with Crippen molar-refractivity contribution in [2.75, 3.05) is 7.11 Å². The summed E-state index contributed by atoms with van der Waals surface area (Å²) < 4.78 is 10.5. The molecule has 4 heteroatoms. The average molecular weight is 334 g/mol. The van der Waals surface area contributed by atoms with Gasteiger partial charge in [-0.15, -0.1) is 0 Å². The molecule has 2 aromatic carbocycles. The zero-order valence-electron chi connectivity index (χ0n) is 13.9. The fraction of sp³-hybridized carbons (Fsp3) is 0.286. The number of fused-ring (bicyclic) bond motifs is 6. The number of hydrogen-bond acceptors (Lipinski definition) is 4. The number of carbonyl (C=O) groups is 1. The maximum atomic E-state index is 11.9. The maximum Gasteiger partial charge on any atom is 0.337 e. The van der Waals surface area contributed by atoms with Crippen molar-refractivity contribution in [3.05, 3.63) is 71.0 Å². The normalized spacial score (nSPS) is 26.8. The fourth-order valence-corrected chi connectivity index (χ4v) is 4.81. The number of methoxy groups -OCH3 is 1. The summed E-state index contributed by atoms with van der Waals surface area (Å²) in [6, 6.07) is 13.5. The lowest BCUT2D eigenvalue weighted by atomic mass is 9.75. The van der Waals surface area contributed by atoms with Crippen molar-refractivity contribution in [1.82, 2.24) is 0 Å². The van der Waals surface area contributed by atoms with Crippen LogP contribution in [0.25, 0.3) is 11.0 Å². The highest BCUT2D eigenvalue weighted by atomic mass is 16.5. The van der Waals surface area contributed by atoms with Crippen LogP contribution in [0.5, 0.6) is 0 Å². The predicted molar refractivity (Wildman–Crippen MR) is 92.6 cm³/mol. The van der Waals surface area contributed by atoms with Gasteiger partial charge in [-0.3, -0.25) is 0 Å². The lowest BCUT2D eigenvalue weighted by Gasteiger charge is -2.33. The van der Waals surface area contributed by atoms with Crippen molar-refractivity contribution in [3.8, 4) is 0 Å². The highest BCUT2D eigenvalue weighted by Crippen LogP contribution is 2.62. The van der Waals surface area contributed by atoms with E-state index in [0.29, 0.717) is 17.9 Å². The van der Waals surface area contributed by atoms with Gasteiger partial charge in [0.05, 0.1) is 18.9 Å². The molecule has 0 radical (unpaired) electrons. The molecule has 3 aromatic rings. The van der Waals surface area contributed by atoms with E-state index >= 15 is 0 Å². The van der Waals surface area contributed by atoms with Gasteiger partial charge < -0.3 is 14.3 Å². The largest absolute Gasteiger partial charge is 0.465 e. The number of aliphatic hydroxyl groups is 1. The highest BCUT2D eigenvalue weighted by Gasteiger charge is 2.55. The zero-order chi connectivity index (χ0) is 17.2. The Hall–Kier alpha value is -2.59. The minimum Gasteiger partial charge on any atom is -0.465 e. The molecule has 1 N–H and O–H groups in total. The van der Waals surface area contributed by atoms with E-state index in [9.17, 15) is 9.90 Å². The number of rotatable bonds is 2. The Morgan fingerprint density at radius 1 is 1.24 bits per heavy atom. The van der Waals surface area contributed by atoms with Gasteiger partial charge in [0, 0.05) is 16.9 Å². The lowest BCUT2D eigenvalue weighted by molar-refractivity contribution is 0.0215. The minimum absolute atomic E-state index is 0.0295. The molecule has 0 spiro atoms. The SMILES string of the molecule is COC(=O)c1ccc2c(c1)[C@H]1C[C@@H]2C[C@@]1(O)c1coc2ccccc12. The number of benzene rings is 2. The van der Waals surface area contributed by atoms with E-state index in [1.54, 1.807) is 6.26 Å². The van der Waals surface area contributed by atoms with E-state index in [-0.39, 0.29) is 11.9 Å². The first-order valence-corrected chi connectivity index (χ1v) is 8.53. The summed E-state index contributed by atoms with van der Waals surface area (Å²) in [6.07, 6.45) is 3.27. The molecular weight excluding hydrogens is 316 g/mol. The summed E-state index contributed by atoms with van der Waals surface area (Å²) in [4.78, 5) is 11.9. The Bertz CT molecular complexity index is 1000. The van der Waals surface area contributed by atoms with Crippen LogP contribution < -0.4 is 0 Å². The van der Waals surface area contributed by atoms with Gasteiger partial charge in [0.1, 0.15) is 11.2 Å². The highest BCUT2D eigenvalue weighted by molar-refractivity contribution is 5.90. The molecule has 2 bridgehead atoms. The van der Waals surface area contributed by atoms with E-state index in [0.717, 1.165) is 28.5 Å². The van der Waals surface area contributed by atoms with E-state index in [1.165, 1.54) is 12.7 Å². The van der Waals surface area contributed by atoms with Gasteiger partial charge in [-0.2, -0.15) is 0 Å². The van der Waals surface area contributed by atoms with E-state index < -0.39 is 5.60 Å². The summed E-state index contributed by atoms with van der Waals surface area (Å²) in [5.74, 6) is -0.0636. The van der Waals surface area contributed by atoms with E-state index in [4.69, 9.17) is 9.15 Å². The molecule has 0 aliphatic heterocycles. The van der Waals surface area contributed by atoms with Crippen LogP contribution >= 0.6 is 0 Å². The van der Waals surface area contributed by atoms with Crippen LogP contribution in [0.3, 0.4) is 0 Å². The molecule has 4 nitrogen and oxygen atoms in total. The molecule has 0 unspecified atom stereocenters. The van der Waals surface area contributed by atoms with Gasteiger partial charge in [0.15, 0.2) is 0 Å². The van der Waals surface area contributed by atoms with Gasteiger partial charge in [-0.1, -0.05) is 24.3 Å². The average Bonchev–Trinajstić information content (AvgIpc) is 3.32. The van der Waals surface area contributed by atoms with Gasteiger partial charge in [0.2, 0.25) is 0 Å². The standard InChI is InChI=1S/C21H18O4/c1-24-20(22)12-6-7-14-13-9-17(16(14)8-12)21(23,10-13)18-11-25-19-5-3-2-4-15(18)19/h2-8,11,13,17,23H,9-10H2,1H3/t13-,17-,21+/m1/s1. The Morgan fingerprint density at radius 2 is 2.08 bits per heavy atom. The van der Waals surface area contributed by atoms with Crippen LogP contribution in [0.15, 0.2) is 53.1 Å². The molecule has 5 rings (SSSR count). The monoisotopic (exact) mass is 334 g/mol. The van der Waals surface area contributed by atoms with Crippen LogP contribution in [-0.2, 0) is 10.3 Å². The lowest BCUT2D eigenvalue weighted by Crippen LogP contribution is -2.31. The Balaban J connectivity index is 1.64. The maximum absolute atomic E-state index is 11.9. The molecule has 1 aromatic heterocycles. The number of carbonyl (C=O) groups excluding carboxylic acids is 1. The van der Waals surface area contributed by atoms with Crippen LogP contribution in [0.1, 0.15) is 51.7 Å². The fourth-order valence-electron chi connectivity index (χ4n) is 4.81. The summed E-state index contributed by atoms with van der Waals surface area (Å²) in [6.45, 7) is 0. The molecule has 25 heavy (non-hydrogen) atoms. The Morgan fingerprint density at radius 3 is 2.92 bits per heavy atom. The van der Waals surface area contributed by atoms with Gasteiger partial charge in [0.25, 0.3) is 0 Å². The summed E-state index contributed by atoms with van der Waals surface area (Å²) >= 11 is 0. The number of hydrogen-bond donors (Lipinski definition) is 1. The van der Waals surface area contributed by atoms with Crippen molar-refractivity contribution >= 4 is 16.9 Å². The van der Waals surface area contributed by atoms with Crippen LogP contribution in [0.2, 0.25) is 0 Å². The summed E-state index contributed by atoms with van der Waals surface area (Å²) in [7, 11) is 1.38. The summed E-state index contributed by atoms with van der Waals surface area (Å²) in [5.41, 5.74) is 3.52. The Kier molecular flexibility index (Phi) is 2.92. The smallest absolute Gasteiger partial charge is 0.337 e. The van der Waals surface area contributed by atoms with Gasteiger partial charge >= 0.3 is 5.97 Å². The van der Waals surface area contributed by atoms with Crippen molar-refractivity contribution in [3.63, 3.8) is 0 Å². The molecule has 126 valence electrons. The van der Waals surface area contributed by atoms with Crippen molar-refractivity contribution in [1.29, 1.82) is 0 Å². The first kappa shape index (κ1) is 14.7.